The first-order valence-corrected chi connectivity index (χ1v) is 9.53. The Morgan fingerprint density at radius 3 is 2.54 bits per heavy atom. The van der Waals surface area contributed by atoms with Gasteiger partial charge in [-0.15, -0.1) is 0 Å². The molecule has 1 aromatic carbocycles. The molecule has 1 aromatic rings. The number of carbonyl (C=O) groups excluding carboxylic acids is 2. The minimum absolute atomic E-state index is 0.120. The van der Waals surface area contributed by atoms with Gasteiger partial charge in [0.1, 0.15) is 5.92 Å². The molecule has 1 aliphatic carbocycles. The van der Waals surface area contributed by atoms with Gasteiger partial charge in [0.2, 0.25) is 0 Å². The number of ketones is 1. The van der Waals surface area contributed by atoms with Crippen LogP contribution in [0.1, 0.15) is 64.0 Å². The molecular weight excluding hydrogens is 326 g/mol. The summed E-state index contributed by atoms with van der Waals surface area (Å²) in [5.74, 6) is -1.01. The van der Waals surface area contributed by atoms with Crippen LogP contribution in [-0.4, -0.2) is 23.6 Å². The van der Waals surface area contributed by atoms with Crippen molar-refractivity contribution in [3.8, 4) is 0 Å². The molecule has 138 valence electrons. The molecule has 4 heteroatoms. The fourth-order valence-electron chi connectivity index (χ4n) is 3.94. The third-order valence-electron chi connectivity index (χ3n) is 5.19. The topological polar surface area (TPSA) is 55.7 Å². The van der Waals surface area contributed by atoms with E-state index in [2.05, 4.69) is 24.0 Å². The fourth-order valence-corrected chi connectivity index (χ4v) is 3.94. The number of esters is 1. The Hall–Kier alpha value is -2.23. The van der Waals surface area contributed by atoms with Gasteiger partial charge in [-0.1, -0.05) is 31.2 Å². The number of allylic oxidation sites excluding steroid dienone is 2. The summed E-state index contributed by atoms with van der Waals surface area (Å²) < 4.78 is 5.52. The van der Waals surface area contributed by atoms with Gasteiger partial charge in [0.15, 0.2) is 5.78 Å². The van der Waals surface area contributed by atoms with Crippen molar-refractivity contribution in [1.82, 2.24) is 0 Å². The normalized spacial score (nSPS) is 23.0. The molecule has 0 spiro atoms. The average Bonchev–Trinajstić information content (AvgIpc) is 2.60. The summed E-state index contributed by atoms with van der Waals surface area (Å²) in [5.41, 5.74) is 4.55. The van der Waals surface area contributed by atoms with Gasteiger partial charge in [-0.2, -0.15) is 0 Å². The molecular formula is C22H27NO3. The number of Topliss-reactive ketones (excluding diaryl/α,β-unsaturated/α-hetero) is 1. The number of carbonyl (C=O) groups is 2. The molecule has 0 amide bonds. The lowest BCUT2D eigenvalue weighted by molar-refractivity contribution is -0.150. The van der Waals surface area contributed by atoms with Crippen LogP contribution in [-0.2, 0) is 20.7 Å². The van der Waals surface area contributed by atoms with Crippen molar-refractivity contribution in [1.29, 1.82) is 0 Å². The van der Waals surface area contributed by atoms with Gasteiger partial charge >= 0.3 is 5.97 Å². The SMILES string of the molecule is CCc1ccc([C@@H]2C3=C(CCCC3=O)N=C(C)[C@@H]2C(=O)OC(C)C)cc1. The van der Waals surface area contributed by atoms with E-state index in [9.17, 15) is 9.59 Å². The van der Waals surface area contributed by atoms with Crippen molar-refractivity contribution in [2.75, 3.05) is 0 Å². The molecule has 0 N–H and O–H groups in total. The summed E-state index contributed by atoms with van der Waals surface area (Å²) in [6, 6.07) is 8.25. The molecule has 0 fully saturated rings. The van der Waals surface area contributed by atoms with Crippen molar-refractivity contribution in [2.24, 2.45) is 10.9 Å². The Morgan fingerprint density at radius 1 is 1.23 bits per heavy atom. The molecule has 0 saturated carbocycles. The van der Waals surface area contributed by atoms with E-state index in [4.69, 9.17) is 4.74 Å². The van der Waals surface area contributed by atoms with Crippen LogP contribution in [0.5, 0.6) is 0 Å². The molecule has 0 radical (unpaired) electrons. The van der Waals surface area contributed by atoms with Crippen molar-refractivity contribution >= 4 is 17.5 Å². The Kier molecular flexibility index (Phi) is 5.40. The molecule has 0 bridgehead atoms. The first-order valence-electron chi connectivity index (χ1n) is 9.53. The zero-order chi connectivity index (χ0) is 18.8. The van der Waals surface area contributed by atoms with Crippen LogP contribution in [0.2, 0.25) is 0 Å². The molecule has 2 aliphatic rings. The van der Waals surface area contributed by atoms with E-state index >= 15 is 0 Å². The minimum atomic E-state index is -0.536. The maximum Gasteiger partial charge on any atom is 0.315 e. The first-order chi connectivity index (χ1) is 12.4. The predicted molar refractivity (Wildman–Crippen MR) is 102 cm³/mol. The summed E-state index contributed by atoms with van der Waals surface area (Å²) in [5, 5.41) is 0. The standard InChI is InChI=1S/C22H27NO3/c1-5-15-9-11-16(12-10-15)20-19(22(25)26-13(2)3)14(4)23-17-7-6-8-18(24)21(17)20/h9-13,19-20H,5-8H2,1-4H3/t19-,20-/m0/s1. The van der Waals surface area contributed by atoms with E-state index in [0.29, 0.717) is 6.42 Å². The lowest BCUT2D eigenvalue weighted by Gasteiger charge is -2.34. The number of ether oxygens (including phenoxy) is 1. The van der Waals surface area contributed by atoms with Crippen LogP contribution in [0.4, 0.5) is 0 Å². The van der Waals surface area contributed by atoms with Crippen molar-refractivity contribution in [2.45, 2.75) is 65.4 Å². The Bertz CT molecular complexity index is 771. The molecule has 26 heavy (non-hydrogen) atoms. The van der Waals surface area contributed by atoms with Gasteiger partial charge in [0.25, 0.3) is 0 Å². The van der Waals surface area contributed by atoms with Crippen LogP contribution in [0.25, 0.3) is 0 Å². The Labute approximate surface area is 155 Å². The van der Waals surface area contributed by atoms with E-state index in [1.54, 1.807) is 0 Å². The maximum atomic E-state index is 12.9. The highest BCUT2D eigenvalue weighted by Gasteiger charge is 2.43. The molecule has 1 aliphatic heterocycles. The number of aliphatic imine (C=N–C) groups is 1. The van der Waals surface area contributed by atoms with Gasteiger partial charge in [-0.25, -0.2) is 0 Å². The highest BCUT2D eigenvalue weighted by molar-refractivity contribution is 6.08. The molecule has 0 aromatic heterocycles. The second-order valence-corrected chi connectivity index (χ2v) is 7.43. The lowest BCUT2D eigenvalue weighted by Crippen LogP contribution is -2.38. The molecule has 0 unspecified atom stereocenters. The van der Waals surface area contributed by atoms with Gasteiger partial charge < -0.3 is 4.74 Å². The first kappa shape index (κ1) is 18.6. The summed E-state index contributed by atoms with van der Waals surface area (Å²) in [7, 11) is 0. The third-order valence-corrected chi connectivity index (χ3v) is 5.19. The third kappa shape index (κ3) is 3.50. The average molecular weight is 353 g/mol. The Balaban J connectivity index is 2.10. The fraction of sp³-hybridized carbons (Fsp3) is 0.500. The molecule has 2 atom stereocenters. The highest BCUT2D eigenvalue weighted by atomic mass is 16.5. The van der Waals surface area contributed by atoms with Gasteiger partial charge in [-0.05, 0) is 51.2 Å². The van der Waals surface area contributed by atoms with Crippen molar-refractivity contribution in [3.05, 3.63) is 46.7 Å². The van der Waals surface area contributed by atoms with E-state index in [0.717, 1.165) is 41.8 Å². The largest absolute Gasteiger partial charge is 0.462 e. The van der Waals surface area contributed by atoms with Gasteiger partial charge in [0.05, 0.1) is 6.10 Å². The highest BCUT2D eigenvalue weighted by Crippen LogP contribution is 2.43. The van der Waals surface area contributed by atoms with Crippen LogP contribution in [0, 0.1) is 5.92 Å². The number of aryl methyl sites for hydroxylation is 1. The van der Waals surface area contributed by atoms with E-state index in [1.165, 1.54) is 5.56 Å². The number of nitrogens with zero attached hydrogens (tertiary/aromatic N) is 1. The van der Waals surface area contributed by atoms with Crippen LogP contribution < -0.4 is 0 Å². The predicted octanol–water partition coefficient (Wildman–Crippen LogP) is 4.38. The minimum Gasteiger partial charge on any atom is -0.462 e. The number of benzene rings is 1. The molecule has 4 nitrogen and oxygen atoms in total. The monoisotopic (exact) mass is 353 g/mol. The van der Waals surface area contributed by atoms with Crippen molar-refractivity contribution in [3.63, 3.8) is 0 Å². The molecule has 1 heterocycles. The van der Waals surface area contributed by atoms with Crippen molar-refractivity contribution < 1.29 is 14.3 Å². The van der Waals surface area contributed by atoms with Crippen LogP contribution in [0.15, 0.2) is 40.5 Å². The lowest BCUT2D eigenvalue weighted by atomic mass is 9.71. The van der Waals surface area contributed by atoms with Gasteiger partial charge in [0, 0.05) is 29.3 Å². The summed E-state index contributed by atoms with van der Waals surface area (Å²) in [4.78, 5) is 30.3. The summed E-state index contributed by atoms with van der Waals surface area (Å²) in [6.07, 6.45) is 2.92. The summed E-state index contributed by atoms with van der Waals surface area (Å²) in [6.45, 7) is 7.67. The smallest absolute Gasteiger partial charge is 0.315 e. The zero-order valence-corrected chi connectivity index (χ0v) is 16.0. The number of hydrogen-bond acceptors (Lipinski definition) is 4. The van der Waals surface area contributed by atoms with Crippen LogP contribution >= 0.6 is 0 Å². The van der Waals surface area contributed by atoms with Gasteiger partial charge in [-0.3, -0.25) is 14.6 Å². The molecule has 0 saturated heterocycles. The zero-order valence-electron chi connectivity index (χ0n) is 16.0. The second-order valence-electron chi connectivity index (χ2n) is 7.43. The maximum absolute atomic E-state index is 12.9. The number of hydrogen-bond donors (Lipinski definition) is 0. The quantitative estimate of drug-likeness (QED) is 0.755. The second kappa shape index (κ2) is 7.56. The van der Waals surface area contributed by atoms with Crippen LogP contribution in [0.3, 0.4) is 0 Å². The molecule has 3 rings (SSSR count). The van der Waals surface area contributed by atoms with E-state index < -0.39 is 5.92 Å². The van der Waals surface area contributed by atoms with E-state index in [-0.39, 0.29) is 23.8 Å². The van der Waals surface area contributed by atoms with E-state index in [1.807, 2.05) is 32.9 Å². The number of rotatable bonds is 4. The summed E-state index contributed by atoms with van der Waals surface area (Å²) >= 11 is 0. The Morgan fingerprint density at radius 2 is 1.92 bits per heavy atom.